The number of aliphatic imine (C=N–C) groups is 1. The number of H-pyrrole nitrogens is 1. The standard InChI is InChI=1S/C20H29N5O.HI/c1-5-11-21-20(24-14-18(26)25(3)4)22-12-10-16-13-23-19-15(6-2)8-7-9-17(16)19;/h5,7-9,13,23H,1,6,10-12,14H2,2-4H3,(H2,21,22,24);1H. The Morgan fingerprint density at radius 1 is 1.30 bits per heavy atom. The van der Waals surface area contributed by atoms with Crippen molar-refractivity contribution in [3.05, 3.63) is 48.2 Å². The molecule has 0 spiro atoms. The van der Waals surface area contributed by atoms with Crippen molar-refractivity contribution in [2.24, 2.45) is 4.99 Å². The maximum atomic E-state index is 11.7. The van der Waals surface area contributed by atoms with Crippen molar-refractivity contribution in [3.63, 3.8) is 0 Å². The number of aromatic nitrogens is 1. The summed E-state index contributed by atoms with van der Waals surface area (Å²) < 4.78 is 0. The number of carbonyl (C=O) groups excluding carboxylic acids is 1. The largest absolute Gasteiger partial charge is 0.361 e. The topological polar surface area (TPSA) is 72.5 Å². The van der Waals surface area contributed by atoms with Crippen LogP contribution in [0.15, 0.2) is 42.0 Å². The molecule has 0 aliphatic carbocycles. The third kappa shape index (κ3) is 6.57. The number of aryl methyl sites for hydroxylation is 1. The van der Waals surface area contributed by atoms with Gasteiger partial charge in [0.15, 0.2) is 5.96 Å². The smallest absolute Gasteiger partial charge is 0.243 e. The number of hydrogen-bond acceptors (Lipinski definition) is 2. The summed E-state index contributed by atoms with van der Waals surface area (Å²) in [7, 11) is 3.45. The van der Waals surface area contributed by atoms with Gasteiger partial charge in [0, 0.05) is 44.3 Å². The second-order valence-corrected chi connectivity index (χ2v) is 6.31. The number of rotatable bonds is 8. The van der Waals surface area contributed by atoms with Crippen molar-refractivity contribution in [2.75, 3.05) is 33.7 Å². The maximum absolute atomic E-state index is 11.7. The number of para-hydroxylation sites is 1. The number of fused-ring (bicyclic) bond motifs is 1. The first-order valence-electron chi connectivity index (χ1n) is 8.97. The Labute approximate surface area is 178 Å². The number of halogens is 1. The molecular weight excluding hydrogens is 453 g/mol. The first-order valence-corrected chi connectivity index (χ1v) is 8.97. The molecule has 1 amide bonds. The van der Waals surface area contributed by atoms with Crippen LogP contribution in [0.25, 0.3) is 10.9 Å². The molecule has 7 heteroatoms. The zero-order valence-electron chi connectivity index (χ0n) is 16.3. The number of benzene rings is 1. The summed E-state index contributed by atoms with van der Waals surface area (Å²) in [5.74, 6) is 0.586. The van der Waals surface area contributed by atoms with E-state index in [4.69, 9.17) is 0 Å². The highest BCUT2D eigenvalue weighted by Crippen LogP contribution is 2.22. The third-order valence-corrected chi connectivity index (χ3v) is 4.24. The average molecular weight is 483 g/mol. The Kier molecular flexibility index (Phi) is 9.92. The van der Waals surface area contributed by atoms with Crippen LogP contribution in [-0.4, -0.2) is 55.5 Å². The summed E-state index contributed by atoms with van der Waals surface area (Å²) >= 11 is 0. The molecule has 0 fully saturated rings. The third-order valence-electron chi connectivity index (χ3n) is 4.24. The molecular formula is C20H30IN5O. The number of guanidine groups is 1. The number of likely N-dealkylation sites (N-methyl/N-ethyl adjacent to an activating group) is 1. The first kappa shape index (κ1) is 23.0. The highest BCUT2D eigenvalue weighted by Gasteiger charge is 2.07. The predicted molar refractivity (Wildman–Crippen MR) is 124 cm³/mol. The maximum Gasteiger partial charge on any atom is 0.243 e. The Bertz CT molecular complexity index is 782. The highest BCUT2D eigenvalue weighted by molar-refractivity contribution is 14.0. The molecule has 148 valence electrons. The van der Waals surface area contributed by atoms with Crippen molar-refractivity contribution < 1.29 is 4.79 Å². The monoisotopic (exact) mass is 483 g/mol. The lowest BCUT2D eigenvalue weighted by Gasteiger charge is -2.12. The second kappa shape index (κ2) is 11.6. The Morgan fingerprint density at radius 2 is 2.07 bits per heavy atom. The summed E-state index contributed by atoms with van der Waals surface area (Å²) in [6.45, 7) is 7.30. The van der Waals surface area contributed by atoms with E-state index in [1.54, 1.807) is 20.2 Å². The normalized spacial score (nSPS) is 11.0. The number of carbonyl (C=O) groups is 1. The molecule has 6 nitrogen and oxygen atoms in total. The van der Waals surface area contributed by atoms with E-state index in [9.17, 15) is 4.79 Å². The zero-order valence-corrected chi connectivity index (χ0v) is 18.7. The van der Waals surface area contributed by atoms with Crippen molar-refractivity contribution in [2.45, 2.75) is 19.8 Å². The Balaban J connectivity index is 0.00000364. The van der Waals surface area contributed by atoms with Gasteiger partial charge in [-0.05, 0) is 24.0 Å². The van der Waals surface area contributed by atoms with Crippen molar-refractivity contribution in [1.82, 2.24) is 20.5 Å². The van der Waals surface area contributed by atoms with Gasteiger partial charge in [0.25, 0.3) is 0 Å². The van der Waals surface area contributed by atoms with Crippen LogP contribution in [0.2, 0.25) is 0 Å². The lowest BCUT2D eigenvalue weighted by molar-refractivity contribution is -0.127. The number of amides is 1. The molecule has 0 atom stereocenters. The van der Waals surface area contributed by atoms with E-state index in [0.29, 0.717) is 12.5 Å². The van der Waals surface area contributed by atoms with Crippen LogP contribution in [0.1, 0.15) is 18.1 Å². The fourth-order valence-corrected chi connectivity index (χ4v) is 2.72. The fraction of sp³-hybridized carbons (Fsp3) is 0.400. The first-order chi connectivity index (χ1) is 12.6. The van der Waals surface area contributed by atoms with Gasteiger partial charge in [-0.1, -0.05) is 31.2 Å². The van der Waals surface area contributed by atoms with Crippen molar-refractivity contribution in [1.29, 1.82) is 0 Å². The Morgan fingerprint density at radius 3 is 2.74 bits per heavy atom. The number of hydrogen-bond donors (Lipinski definition) is 3. The molecule has 0 saturated carbocycles. The lowest BCUT2D eigenvalue weighted by atomic mass is 10.1. The second-order valence-electron chi connectivity index (χ2n) is 6.31. The average Bonchev–Trinajstić information content (AvgIpc) is 3.06. The van der Waals surface area contributed by atoms with E-state index in [-0.39, 0.29) is 36.4 Å². The molecule has 1 aromatic heterocycles. The molecule has 0 radical (unpaired) electrons. The van der Waals surface area contributed by atoms with Crippen molar-refractivity contribution in [3.8, 4) is 0 Å². The van der Waals surface area contributed by atoms with E-state index in [1.165, 1.54) is 26.9 Å². The molecule has 27 heavy (non-hydrogen) atoms. The van der Waals surface area contributed by atoms with Gasteiger partial charge in [0.05, 0.1) is 0 Å². The molecule has 0 aliphatic heterocycles. The molecule has 1 heterocycles. The molecule has 1 aromatic carbocycles. The minimum Gasteiger partial charge on any atom is -0.361 e. The van der Waals surface area contributed by atoms with E-state index in [2.05, 4.69) is 58.5 Å². The van der Waals surface area contributed by atoms with Gasteiger partial charge in [0.2, 0.25) is 5.91 Å². The van der Waals surface area contributed by atoms with E-state index in [1.807, 2.05) is 0 Å². The van der Waals surface area contributed by atoms with Gasteiger partial charge < -0.3 is 20.5 Å². The van der Waals surface area contributed by atoms with E-state index in [0.717, 1.165) is 19.4 Å². The molecule has 0 bridgehead atoms. The van der Waals surface area contributed by atoms with Crippen LogP contribution in [0.5, 0.6) is 0 Å². The van der Waals surface area contributed by atoms with Gasteiger partial charge in [-0.25, -0.2) is 4.99 Å². The van der Waals surface area contributed by atoms with E-state index >= 15 is 0 Å². The van der Waals surface area contributed by atoms with Crippen LogP contribution in [0.3, 0.4) is 0 Å². The fourth-order valence-electron chi connectivity index (χ4n) is 2.72. The lowest BCUT2D eigenvalue weighted by Crippen LogP contribution is -2.39. The summed E-state index contributed by atoms with van der Waals surface area (Å²) in [6, 6.07) is 6.42. The van der Waals surface area contributed by atoms with Crippen LogP contribution in [0, 0.1) is 0 Å². The molecule has 2 aromatic rings. The molecule has 2 rings (SSSR count). The minimum atomic E-state index is -0.0339. The summed E-state index contributed by atoms with van der Waals surface area (Å²) in [5.41, 5.74) is 3.83. The van der Waals surface area contributed by atoms with Crippen molar-refractivity contribution >= 4 is 46.7 Å². The Hall–Kier alpha value is -2.03. The highest BCUT2D eigenvalue weighted by atomic mass is 127. The van der Waals surface area contributed by atoms with Gasteiger partial charge >= 0.3 is 0 Å². The predicted octanol–water partition coefficient (Wildman–Crippen LogP) is 2.70. The molecule has 0 saturated heterocycles. The molecule has 0 unspecified atom stereocenters. The van der Waals surface area contributed by atoms with Gasteiger partial charge in [-0.2, -0.15) is 0 Å². The quantitative estimate of drug-likeness (QED) is 0.234. The van der Waals surface area contributed by atoms with Crippen LogP contribution < -0.4 is 10.6 Å². The number of aromatic amines is 1. The van der Waals surface area contributed by atoms with E-state index < -0.39 is 0 Å². The zero-order chi connectivity index (χ0) is 18.9. The van der Waals surface area contributed by atoms with Crippen LogP contribution in [-0.2, 0) is 17.6 Å². The summed E-state index contributed by atoms with van der Waals surface area (Å²) in [4.78, 5) is 21.0. The SMILES string of the molecule is C=CCNC(=NCC(=O)N(C)C)NCCc1c[nH]c2c(CC)cccc12.I. The minimum absolute atomic E-state index is 0. The van der Waals surface area contributed by atoms with Crippen LogP contribution in [0.4, 0.5) is 0 Å². The number of nitrogens with one attached hydrogen (secondary N) is 3. The summed E-state index contributed by atoms with van der Waals surface area (Å²) in [5, 5.41) is 7.70. The van der Waals surface area contributed by atoms with Gasteiger partial charge in [-0.15, -0.1) is 30.6 Å². The number of nitrogens with zero attached hydrogens (tertiary/aromatic N) is 2. The van der Waals surface area contributed by atoms with Gasteiger partial charge in [-0.3, -0.25) is 4.79 Å². The summed E-state index contributed by atoms with van der Waals surface area (Å²) in [6.07, 6.45) is 5.72. The molecule has 3 N–H and O–H groups in total. The van der Waals surface area contributed by atoms with Gasteiger partial charge in [0.1, 0.15) is 6.54 Å². The van der Waals surface area contributed by atoms with Crippen LogP contribution >= 0.6 is 24.0 Å². The molecule has 0 aliphatic rings.